The second-order valence-corrected chi connectivity index (χ2v) is 6.07. The highest BCUT2D eigenvalue weighted by Crippen LogP contribution is 2.41. The number of hydrogen-bond donors (Lipinski definition) is 1. The zero-order chi connectivity index (χ0) is 15.4. The SMILES string of the molecule is COc1ccc(C(CN)N(C)CC2CCC2)c(Cl)c1OC. The highest BCUT2D eigenvalue weighted by Gasteiger charge is 2.26. The van der Waals surface area contributed by atoms with Gasteiger partial charge in [0.1, 0.15) is 0 Å². The molecule has 0 spiro atoms. The molecule has 1 saturated carbocycles. The molecule has 1 aromatic carbocycles. The fourth-order valence-corrected chi connectivity index (χ4v) is 3.28. The van der Waals surface area contributed by atoms with Gasteiger partial charge < -0.3 is 15.2 Å². The number of benzene rings is 1. The van der Waals surface area contributed by atoms with Gasteiger partial charge in [-0.25, -0.2) is 0 Å². The highest BCUT2D eigenvalue weighted by atomic mass is 35.5. The quantitative estimate of drug-likeness (QED) is 0.840. The zero-order valence-corrected chi connectivity index (χ0v) is 13.8. The Morgan fingerprint density at radius 2 is 2.05 bits per heavy atom. The summed E-state index contributed by atoms with van der Waals surface area (Å²) in [4.78, 5) is 2.30. The van der Waals surface area contributed by atoms with E-state index in [1.165, 1.54) is 19.3 Å². The average Bonchev–Trinajstić information content (AvgIpc) is 2.45. The summed E-state index contributed by atoms with van der Waals surface area (Å²) in [7, 11) is 5.32. The molecular formula is C16H25ClN2O2. The maximum Gasteiger partial charge on any atom is 0.179 e. The van der Waals surface area contributed by atoms with Crippen LogP contribution in [0.5, 0.6) is 11.5 Å². The Balaban J connectivity index is 2.24. The van der Waals surface area contributed by atoms with Gasteiger partial charge >= 0.3 is 0 Å². The zero-order valence-electron chi connectivity index (χ0n) is 13.1. The van der Waals surface area contributed by atoms with Gasteiger partial charge in [0.25, 0.3) is 0 Å². The summed E-state index contributed by atoms with van der Waals surface area (Å²) in [6.07, 6.45) is 3.99. The molecule has 0 saturated heterocycles. The fourth-order valence-electron chi connectivity index (χ4n) is 2.92. The molecule has 1 fully saturated rings. The third-order valence-corrected chi connectivity index (χ3v) is 4.79. The van der Waals surface area contributed by atoms with Crippen molar-refractivity contribution in [3.8, 4) is 11.5 Å². The largest absolute Gasteiger partial charge is 0.493 e. The molecule has 1 aliphatic carbocycles. The molecule has 5 heteroatoms. The lowest BCUT2D eigenvalue weighted by atomic mass is 9.84. The summed E-state index contributed by atoms with van der Waals surface area (Å²) >= 11 is 6.51. The van der Waals surface area contributed by atoms with Gasteiger partial charge in [0, 0.05) is 19.1 Å². The number of likely N-dealkylation sites (N-methyl/N-ethyl adjacent to an activating group) is 1. The molecule has 2 rings (SSSR count). The lowest BCUT2D eigenvalue weighted by Crippen LogP contribution is -2.36. The van der Waals surface area contributed by atoms with E-state index in [1.54, 1.807) is 14.2 Å². The first-order valence-electron chi connectivity index (χ1n) is 7.43. The average molecular weight is 313 g/mol. The minimum absolute atomic E-state index is 0.0953. The molecule has 0 amide bonds. The third kappa shape index (κ3) is 3.44. The summed E-state index contributed by atoms with van der Waals surface area (Å²) in [5.74, 6) is 2.01. The van der Waals surface area contributed by atoms with Crippen LogP contribution in [-0.2, 0) is 0 Å². The van der Waals surface area contributed by atoms with E-state index in [-0.39, 0.29) is 6.04 Å². The summed E-state index contributed by atoms with van der Waals surface area (Å²) in [5, 5.41) is 0.591. The standard InChI is InChI=1S/C16H25ClN2O2/c1-19(10-11-5-4-6-11)13(9-18)12-7-8-14(20-2)16(21-3)15(12)17/h7-8,11,13H,4-6,9-10,18H2,1-3H3. The van der Waals surface area contributed by atoms with Crippen molar-refractivity contribution in [2.75, 3.05) is 34.4 Å². The van der Waals surface area contributed by atoms with Crippen LogP contribution in [0.4, 0.5) is 0 Å². The molecule has 4 nitrogen and oxygen atoms in total. The molecule has 1 unspecified atom stereocenters. The smallest absolute Gasteiger partial charge is 0.179 e. The van der Waals surface area contributed by atoms with E-state index in [1.807, 2.05) is 12.1 Å². The minimum Gasteiger partial charge on any atom is -0.493 e. The van der Waals surface area contributed by atoms with Crippen LogP contribution in [0, 0.1) is 5.92 Å². The molecule has 21 heavy (non-hydrogen) atoms. The van der Waals surface area contributed by atoms with Crippen molar-refractivity contribution in [2.24, 2.45) is 11.7 Å². The monoisotopic (exact) mass is 312 g/mol. The normalized spacial score (nSPS) is 16.7. The number of nitrogens with two attached hydrogens (primary N) is 1. The van der Waals surface area contributed by atoms with Crippen molar-refractivity contribution in [3.63, 3.8) is 0 Å². The second-order valence-electron chi connectivity index (χ2n) is 5.69. The van der Waals surface area contributed by atoms with E-state index in [4.69, 9.17) is 26.8 Å². The number of rotatable bonds is 7. The Morgan fingerprint density at radius 1 is 1.33 bits per heavy atom. The lowest BCUT2D eigenvalue weighted by molar-refractivity contribution is 0.164. The summed E-state index contributed by atoms with van der Waals surface area (Å²) < 4.78 is 10.7. The highest BCUT2D eigenvalue weighted by molar-refractivity contribution is 6.33. The van der Waals surface area contributed by atoms with Crippen LogP contribution in [0.1, 0.15) is 30.9 Å². The van der Waals surface area contributed by atoms with Gasteiger partial charge in [0.05, 0.1) is 19.2 Å². The van der Waals surface area contributed by atoms with Crippen LogP contribution in [0.2, 0.25) is 5.02 Å². The number of nitrogens with zero attached hydrogens (tertiary/aromatic N) is 1. The van der Waals surface area contributed by atoms with E-state index in [0.717, 1.165) is 18.0 Å². The summed E-state index contributed by atoms with van der Waals surface area (Å²) in [5.41, 5.74) is 7.00. The van der Waals surface area contributed by atoms with Gasteiger partial charge in [-0.05, 0) is 37.4 Å². The van der Waals surface area contributed by atoms with E-state index in [2.05, 4.69) is 11.9 Å². The Labute approximate surface area is 132 Å². The molecule has 0 radical (unpaired) electrons. The third-order valence-electron chi connectivity index (χ3n) is 4.40. The van der Waals surface area contributed by atoms with E-state index < -0.39 is 0 Å². The van der Waals surface area contributed by atoms with Gasteiger partial charge in [0.15, 0.2) is 11.5 Å². The van der Waals surface area contributed by atoms with Crippen LogP contribution in [0.25, 0.3) is 0 Å². The molecule has 2 N–H and O–H groups in total. The van der Waals surface area contributed by atoms with Crippen molar-refractivity contribution in [1.29, 1.82) is 0 Å². The Hall–Kier alpha value is -0.970. The number of ether oxygens (including phenoxy) is 2. The van der Waals surface area contributed by atoms with Crippen molar-refractivity contribution in [3.05, 3.63) is 22.7 Å². The van der Waals surface area contributed by atoms with Crippen LogP contribution in [-0.4, -0.2) is 39.3 Å². The Morgan fingerprint density at radius 3 is 2.52 bits per heavy atom. The number of hydrogen-bond acceptors (Lipinski definition) is 4. The second kappa shape index (κ2) is 7.34. The predicted molar refractivity (Wildman–Crippen MR) is 86.3 cm³/mol. The predicted octanol–water partition coefficient (Wildman–Crippen LogP) is 3.09. The van der Waals surface area contributed by atoms with Gasteiger partial charge in [-0.15, -0.1) is 0 Å². The molecule has 0 bridgehead atoms. The molecule has 0 heterocycles. The van der Waals surface area contributed by atoms with Crippen LogP contribution < -0.4 is 15.2 Å². The van der Waals surface area contributed by atoms with Crippen molar-refractivity contribution < 1.29 is 9.47 Å². The topological polar surface area (TPSA) is 47.7 Å². The van der Waals surface area contributed by atoms with Crippen LogP contribution in [0.15, 0.2) is 12.1 Å². The van der Waals surface area contributed by atoms with E-state index in [9.17, 15) is 0 Å². The molecule has 1 aromatic rings. The molecule has 1 atom stereocenters. The van der Waals surface area contributed by atoms with Crippen molar-refractivity contribution in [2.45, 2.75) is 25.3 Å². The molecule has 1 aliphatic rings. The summed E-state index contributed by atoms with van der Waals surface area (Å²) in [6, 6.07) is 3.97. The maximum atomic E-state index is 6.51. The first-order chi connectivity index (χ1) is 10.1. The van der Waals surface area contributed by atoms with Crippen molar-refractivity contribution >= 4 is 11.6 Å². The maximum absolute atomic E-state index is 6.51. The lowest BCUT2D eigenvalue weighted by Gasteiger charge is -2.35. The molecule has 118 valence electrons. The minimum atomic E-state index is 0.0953. The van der Waals surface area contributed by atoms with Crippen LogP contribution >= 0.6 is 11.6 Å². The van der Waals surface area contributed by atoms with Crippen LogP contribution in [0.3, 0.4) is 0 Å². The molecular weight excluding hydrogens is 288 g/mol. The Bertz CT molecular complexity index is 478. The molecule has 0 aromatic heterocycles. The first kappa shape index (κ1) is 16.4. The summed E-state index contributed by atoms with van der Waals surface area (Å²) in [6.45, 7) is 1.59. The first-order valence-corrected chi connectivity index (χ1v) is 7.80. The number of halogens is 1. The Kier molecular flexibility index (Phi) is 5.73. The van der Waals surface area contributed by atoms with Gasteiger partial charge in [0.2, 0.25) is 0 Å². The fraction of sp³-hybridized carbons (Fsp3) is 0.625. The van der Waals surface area contributed by atoms with E-state index >= 15 is 0 Å². The van der Waals surface area contributed by atoms with E-state index in [0.29, 0.717) is 23.1 Å². The van der Waals surface area contributed by atoms with Gasteiger partial charge in [-0.3, -0.25) is 4.90 Å². The van der Waals surface area contributed by atoms with Gasteiger partial charge in [-0.2, -0.15) is 0 Å². The number of methoxy groups -OCH3 is 2. The van der Waals surface area contributed by atoms with Crippen molar-refractivity contribution in [1.82, 2.24) is 4.90 Å². The van der Waals surface area contributed by atoms with Gasteiger partial charge in [-0.1, -0.05) is 24.1 Å². The molecule has 0 aliphatic heterocycles.